The second-order valence-corrected chi connectivity index (χ2v) is 10.3. The van der Waals surface area contributed by atoms with Crippen LogP contribution in [-0.2, 0) is 0 Å². The molecule has 2 bridgehead atoms. The van der Waals surface area contributed by atoms with Gasteiger partial charge in [0.25, 0.3) is 0 Å². The first-order chi connectivity index (χ1) is 17.5. The summed E-state index contributed by atoms with van der Waals surface area (Å²) in [4.78, 5) is 31.6. The summed E-state index contributed by atoms with van der Waals surface area (Å²) in [6.45, 7) is 5.33. The molecular formula is C26H29ClFN7O. The van der Waals surface area contributed by atoms with E-state index in [-0.39, 0.29) is 18.1 Å². The van der Waals surface area contributed by atoms with Crippen LogP contribution in [0.15, 0.2) is 30.9 Å². The molecule has 4 aromatic heterocycles. The predicted octanol–water partition coefficient (Wildman–Crippen LogP) is 5.55. The van der Waals surface area contributed by atoms with Crippen molar-refractivity contribution in [2.75, 3.05) is 13.1 Å². The monoisotopic (exact) mass is 509 g/mol. The molecule has 0 unspecified atom stereocenters. The number of hydrogen-bond donors (Lipinski definition) is 2. The second-order valence-electron chi connectivity index (χ2n) is 9.88. The maximum atomic E-state index is 13.9. The predicted molar refractivity (Wildman–Crippen MR) is 137 cm³/mol. The summed E-state index contributed by atoms with van der Waals surface area (Å²) in [5.74, 6) is 0.899. The molecule has 2 atom stereocenters. The van der Waals surface area contributed by atoms with Crippen LogP contribution < -0.4 is 5.32 Å². The van der Waals surface area contributed by atoms with Crippen LogP contribution in [0.25, 0.3) is 33.5 Å². The van der Waals surface area contributed by atoms with Crippen LogP contribution in [-0.4, -0.2) is 54.6 Å². The molecular weight excluding hydrogens is 481 g/mol. The zero-order chi connectivity index (χ0) is 25.0. The highest BCUT2D eigenvalue weighted by molar-refractivity contribution is 6.35. The molecule has 188 valence electrons. The van der Waals surface area contributed by atoms with E-state index in [1.807, 2.05) is 24.9 Å². The van der Waals surface area contributed by atoms with Crippen LogP contribution >= 0.6 is 11.6 Å². The number of halogens is 2. The highest BCUT2D eigenvalue weighted by Crippen LogP contribution is 2.49. The van der Waals surface area contributed by atoms with Gasteiger partial charge < -0.3 is 19.8 Å². The van der Waals surface area contributed by atoms with Gasteiger partial charge in [-0.1, -0.05) is 11.6 Å². The number of nitrogens with zero attached hydrogens (tertiary/aromatic N) is 5. The van der Waals surface area contributed by atoms with Crippen LogP contribution in [0.3, 0.4) is 0 Å². The van der Waals surface area contributed by atoms with E-state index in [0.29, 0.717) is 52.4 Å². The smallest absolute Gasteiger partial charge is 0.317 e. The standard InChI is InChI=1S/C26H29ClFN7O/c1-3-34(4-2)26(36)32-21-14-5-7-15(8-6-14)22(21)35-13-20(27)19-12-31-24(33-25(19)35)18-11-30-23-17(18)9-16(28)10-29-23/h9-15,21-22H,3-8H2,1-2H3,(H,29,30)(H,32,36)/t14?,15?,21-,22-/m0/s1. The minimum absolute atomic E-state index is 0.00191. The first kappa shape index (κ1) is 23.2. The normalized spacial score (nSPS) is 23.4. The first-order valence-electron chi connectivity index (χ1n) is 12.7. The van der Waals surface area contributed by atoms with Gasteiger partial charge in [0.2, 0.25) is 0 Å². The third kappa shape index (κ3) is 3.72. The molecule has 0 saturated heterocycles. The minimum Gasteiger partial charge on any atom is -0.345 e. The zero-order valence-corrected chi connectivity index (χ0v) is 21.1. The molecule has 0 aliphatic heterocycles. The Kier molecular flexibility index (Phi) is 5.82. The summed E-state index contributed by atoms with van der Waals surface area (Å²) in [7, 11) is 0. The minimum atomic E-state index is -0.416. The van der Waals surface area contributed by atoms with E-state index in [0.717, 1.165) is 36.7 Å². The van der Waals surface area contributed by atoms with E-state index < -0.39 is 5.82 Å². The molecule has 3 aliphatic carbocycles. The largest absolute Gasteiger partial charge is 0.345 e. The number of hydrogen-bond acceptors (Lipinski definition) is 4. The number of H-pyrrole nitrogens is 1. The van der Waals surface area contributed by atoms with Crippen LogP contribution in [0.4, 0.5) is 9.18 Å². The SMILES string of the molecule is CCN(CC)C(=O)N[C@H]1C2CCC(CC2)[C@@H]1n1cc(Cl)c2cnc(-c3c[nH]c4ncc(F)cc34)nc21. The number of nitrogens with one attached hydrogen (secondary N) is 2. The topological polar surface area (TPSA) is 91.7 Å². The van der Waals surface area contributed by atoms with Crippen molar-refractivity contribution in [2.45, 2.75) is 51.6 Å². The van der Waals surface area contributed by atoms with E-state index in [2.05, 4.69) is 24.8 Å². The summed E-state index contributed by atoms with van der Waals surface area (Å²) >= 11 is 6.68. The Hall–Kier alpha value is -3.20. The Bertz CT molecular complexity index is 1440. The Morgan fingerprint density at radius 1 is 1.17 bits per heavy atom. The van der Waals surface area contributed by atoms with Crippen LogP contribution in [0, 0.1) is 17.7 Å². The number of rotatable bonds is 5. The Labute approximate surface area is 213 Å². The Morgan fingerprint density at radius 2 is 1.92 bits per heavy atom. The molecule has 2 N–H and O–H groups in total. The molecule has 7 rings (SSSR count). The molecule has 0 aromatic carbocycles. The van der Waals surface area contributed by atoms with Crippen molar-refractivity contribution in [1.82, 2.24) is 34.7 Å². The van der Waals surface area contributed by atoms with Crippen LogP contribution in [0.1, 0.15) is 45.6 Å². The average molecular weight is 510 g/mol. The van der Waals surface area contributed by atoms with Gasteiger partial charge >= 0.3 is 6.03 Å². The zero-order valence-electron chi connectivity index (χ0n) is 20.3. The van der Waals surface area contributed by atoms with Crippen molar-refractivity contribution in [3.05, 3.63) is 41.7 Å². The van der Waals surface area contributed by atoms with Crippen molar-refractivity contribution in [3.63, 3.8) is 0 Å². The second kappa shape index (κ2) is 9.03. The maximum Gasteiger partial charge on any atom is 0.317 e. The molecule has 0 spiro atoms. The molecule has 0 radical (unpaired) electrons. The summed E-state index contributed by atoms with van der Waals surface area (Å²) in [5, 5.41) is 5.34. The average Bonchev–Trinajstić information content (AvgIpc) is 3.45. The molecule has 3 saturated carbocycles. The van der Waals surface area contributed by atoms with Crippen LogP contribution in [0.5, 0.6) is 0 Å². The summed E-state index contributed by atoms with van der Waals surface area (Å²) < 4.78 is 16.1. The van der Waals surface area contributed by atoms with Gasteiger partial charge in [-0.3, -0.25) is 0 Å². The summed E-state index contributed by atoms with van der Waals surface area (Å²) in [6, 6.07) is 1.47. The maximum absolute atomic E-state index is 13.9. The van der Waals surface area contributed by atoms with Gasteiger partial charge in [-0.15, -0.1) is 0 Å². The number of carbonyl (C=O) groups excluding carboxylic acids is 1. The van der Waals surface area contributed by atoms with E-state index in [1.165, 1.54) is 12.3 Å². The van der Waals surface area contributed by atoms with Crippen molar-refractivity contribution >= 4 is 39.7 Å². The Balaban J connectivity index is 1.44. The Morgan fingerprint density at radius 3 is 2.67 bits per heavy atom. The highest BCUT2D eigenvalue weighted by Gasteiger charge is 2.46. The number of pyridine rings is 1. The molecule has 4 aromatic rings. The molecule has 2 amide bonds. The third-order valence-corrected chi connectivity index (χ3v) is 8.40. The van der Waals surface area contributed by atoms with Gasteiger partial charge in [-0.05, 0) is 57.4 Å². The molecule has 36 heavy (non-hydrogen) atoms. The fourth-order valence-corrected chi connectivity index (χ4v) is 6.52. The quantitative estimate of drug-likeness (QED) is 0.369. The van der Waals surface area contributed by atoms with Gasteiger partial charge in [-0.2, -0.15) is 0 Å². The van der Waals surface area contributed by atoms with E-state index in [9.17, 15) is 9.18 Å². The lowest BCUT2D eigenvalue weighted by atomic mass is 9.64. The number of carbonyl (C=O) groups is 1. The number of aromatic nitrogens is 5. The van der Waals surface area contributed by atoms with E-state index in [4.69, 9.17) is 16.6 Å². The lowest BCUT2D eigenvalue weighted by Crippen LogP contribution is -2.56. The molecule has 3 aliphatic rings. The lowest BCUT2D eigenvalue weighted by Gasteiger charge is -2.49. The number of amides is 2. The number of urea groups is 1. The lowest BCUT2D eigenvalue weighted by molar-refractivity contribution is 0.0613. The molecule has 8 nitrogen and oxygen atoms in total. The summed E-state index contributed by atoms with van der Waals surface area (Å²) in [5.41, 5.74) is 1.98. The number of aromatic amines is 1. The highest BCUT2D eigenvalue weighted by atomic mass is 35.5. The van der Waals surface area contributed by atoms with Gasteiger partial charge in [0.05, 0.1) is 28.7 Å². The fourth-order valence-electron chi connectivity index (χ4n) is 6.28. The van der Waals surface area contributed by atoms with E-state index in [1.54, 1.807) is 12.4 Å². The van der Waals surface area contributed by atoms with Gasteiger partial charge in [0, 0.05) is 42.6 Å². The molecule has 10 heteroatoms. The third-order valence-electron chi connectivity index (χ3n) is 8.10. The first-order valence-corrected chi connectivity index (χ1v) is 13.1. The number of fused-ring (bicyclic) bond motifs is 5. The van der Waals surface area contributed by atoms with Crippen molar-refractivity contribution < 1.29 is 9.18 Å². The fraction of sp³-hybridized carbons (Fsp3) is 0.462. The molecule has 3 fully saturated rings. The van der Waals surface area contributed by atoms with E-state index >= 15 is 0 Å². The molecule has 4 heterocycles. The van der Waals surface area contributed by atoms with Gasteiger partial charge in [0.1, 0.15) is 17.1 Å². The summed E-state index contributed by atoms with van der Waals surface area (Å²) in [6.07, 6.45) is 11.1. The van der Waals surface area contributed by atoms with Crippen LogP contribution in [0.2, 0.25) is 5.02 Å². The van der Waals surface area contributed by atoms with Gasteiger partial charge in [-0.25, -0.2) is 24.1 Å². The van der Waals surface area contributed by atoms with Crippen molar-refractivity contribution in [3.8, 4) is 11.4 Å². The van der Waals surface area contributed by atoms with Gasteiger partial charge in [0.15, 0.2) is 5.82 Å². The van der Waals surface area contributed by atoms with Crippen molar-refractivity contribution in [2.24, 2.45) is 11.8 Å². The van der Waals surface area contributed by atoms with Crippen molar-refractivity contribution in [1.29, 1.82) is 0 Å².